The van der Waals surface area contributed by atoms with Crippen LogP contribution in [0.4, 0.5) is 0 Å². The largest absolute Gasteiger partial charge is 0.344 e. The van der Waals surface area contributed by atoms with Crippen molar-refractivity contribution in [3.63, 3.8) is 0 Å². The molecule has 0 bridgehead atoms. The first-order valence-electron chi connectivity index (χ1n) is 7.41. The summed E-state index contributed by atoms with van der Waals surface area (Å²) in [4.78, 5) is 39.9. The molecule has 1 heterocycles. The number of halogens is 2. The molecule has 7 heteroatoms. The van der Waals surface area contributed by atoms with Crippen LogP contribution in [0.2, 0.25) is 10.0 Å². The molecule has 124 valence electrons. The summed E-state index contributed by atoms with van der Waals surface area (Å²) in [6, 6.07) is 1.87. The molecule has 0 aliphatic carbocycles. The van der Waals surface area contributed by atoms with E-state index in [-0.39, 0.29) is 27.1 Å². The first-order chi connectivity index (χ1) is 10.8. The van der Waals surface area contributed by atoms with E-state index >= 15 is 0 Å². The van der Waals surface area contributed by atoms with Crippen LogP contribution in [0.15, 0.2) is 12.1 Å². The van der Waals surface area contributed by atoms with Crippen molar-refractivity contribution in [3.05, 3.63) is 33.3 Å². The van der Waals surface area contributed by atoms with Gasteiger partial charge in [-0.3, -0.25) is 19.3 Å². The van der Waals surface area contributed by atoms with Gasteiger partial charge in [-0.15, -0.1) is 0 Å². The molecule has 0 saturated heterocycles. The summed E-state index contributed by atoms with van der Waals surface area (Å²) < 4.78 is 0. The van der Waals surface area contributed by atoms with Gasteiger partial charge in [0.05, 0.1) is 21.2 Å². The second kappa shape index (κ2) is 6.89. The van der Waals surface area contributed by atoms with E-state index in [0.717, 1.165) is 17.7 Å². The number of hydrogen-bond acceptors (Lipinski definition) is 3. The van der Waals surface area contributed by atoms with Gasteiger partial charge in [0, 0.05) is 13.6 Å². The van der Waals surface area contributed by atoms with Gasteiger partial charge >= 0.3 is 0 Å². The predicted molar refractivity (Wildman–Crippen MR) is 89.0 cm³/mol. The van der Waals surface area contributed by atoms with Crippen molar-refractivity contribution in [2.24, 2.45) is 0 Å². The van der Waals surface area contributed by atoms with Crippen LogP contribution in [-0.2, 0) is 4.79 Å². The van der Waals surface area contributed by atoms with Crippen LogP contribution in [0.1, 0.15) is 47.4 Å². The summed E-state index contributed by atoms with van der Waals surface area (Å²) in [5.74, 6) is -1.31. The molecule has 0 radical (unpaired) electrons. The lowest BCUT2D eigenvalue weighted by atomic mass is 10.1. The Hall–Kier alpha value is -1.59. The minimum atomic E-state index is -0.873. The van der Waals surface area contributed by atoms with E-state index in [0.29, 0.717) is 6.54 Å². The van der Waals surface area contributed by atoms with Crippen LogP contribution in [0.3, 0.4) is 0 Å². The van der Waals surface area contributed by atoms with Crippen molar-refractivity contribution in [1.82, 2.24) is 9.80 Å². The number of benzene rings is 1. The van der Waals surface area contributed by atoms with E-state index in [1.165, 1.54) is 17.0 Å². The number of fused-ring (bicyclic) bond motifs is 1. The van der Waals surface area contributed by atoms with Crippen LogP contribution in [0.25, 0.3) is 0 Å². The molecule has 1 atom stereocenters. The van der Waals surface area contributed by atoms with Crippen LogP contribution >= 0.6 is 23.2 Å². The average Bonchev–Trinajstić information content (AvgIpc) is 2.75. The van der Waals surface area contributed by atoms with Gasteiger partial charge in [-0.25, -0.2) is 0 Å². The molecule has 1 aromatic carbocycles. The van der Waals surface area contributed by atoms with E-state index in [9.17, 15) is 14.4 Å². The number of rotatable bonds is 5. The van der Waals surface area contributed by atoms with Crippen LogP contribution in [0, 0.1) is 0 Å². The molecule has 1 aromatic rings. The van der Waals surface area contributed by atoms with Crippen molar-refractivity contribution < 1.29 is 14.4 Å². The highest BCUT2D eigenvalue weighted by molar-refractivity contribution is 6.43. The minimum absolute atomic E-state index is 0.181. The first-order valence-corrected chi connectivity index (χ1v) is 8.17. The van der Waals surface area contributed by atoms with Crippen LogP contribution in [-0.4, -0.2) is 47.2 Å². The van der Waals surface area contributed by atoms with Gasteiger partial charge in [0.25, 0.3) is 11.8 Å². The molecule has 5 nitrogen and oxygen atoms in total. The lowest BCUT2D eigenvalue weighted by Crippen LogP contribution is -2.48. The summed E-state index contributed by atoms with van der Waals surface area (Å²) in [5, 5.41) is 0.403. The predicted octanol–water partition coefficient (Wildman–Crippen LogP) is 3.24. The van der Waals surface area contributed by atoms with Crippen molar-refractivity contribution in [2.75, 3.05) is 13.6 Å². The summed E-state index contributed by atoms with van der Waals surface area (Å²) in [6.07, 6.45) is 1.82. The lowest BCUT2D eigenvalue weighted by Gasteiger charge is -2.26. The fourth-order valence-electron chi connectivity index (χ4n) is 2.54. The zero-order chi connectivity index (χ0) is 17.3. The summed E-state index contributed by atoms with van der Waals surface area (Å²) in [7, 11) is 1.67. The summed E-state index contributed by atoms with van der Waals surface area (Å²) in [6.45, 7) is 4.16. The van der Waals surface area contributed by atoms with Gasteiger partial charge in [-0.05, 0) is 25.5 Å². The Morgan fingerprint density at radius 1 is 1.17 bits per heavy atom. The van der Waals surface area contributed by atoms with Gasteiger partial charge in [-0.2, -0.15) is 0 Å². The van der Waals surface area contributed by atoms with Crippen molar-refractivity contribution in [3.8, 4) is 0 Å². The molecule has 3 amide bonds. The smallest absolute Gasteiger partial charge is 0.262 e. The third-order valence-electron chi connectivity index (χ3n) is 3.93. The molecule has 0 aromatic heterocycles. The highest BCUT2D eigenvalue weighted by Gasteiger charge is 2.42. The number of imide groups is 1. The molecule has 1 aliphatic rings. The first kappa shape index (κ1) is 17.8. The van der Waals surface area contributed by atoms with Crippen LogP contribution < -0.4 is 0 Å². The Balaban J connectivity index is 2.26. The van der Waals surface area contributed by atoms with Crippen LogP contribution in [0.5, 0.6) is 0 Å². The Bertz CT molecular complexity index is 635. The molecular weight excluding hydrogens is 339 g/mol. The van der Waals surface area contributed by atoms with Gasteiger partial charge in [0.2, 0.25) is 5.91 Å². The normalized spacial score (nSPS) is 14.9. The van der Waals surface area contributed by atoms with E-state index in [1.54, 1.807) is 14.0 Å². The molecule has 1 unspecified atom stereocenters. The van der Waals surface area contributed by atoms with E-state index in [1.807, 2.05) is 6.92 Å². The van der Waals surface area contributed by atoms with Crippen molar-refractivity contribution in [1.29, 1.82) is 0 Å². The third kappa shape index (κ3) is 3.21. The van der Waals surface area contributed by atoms with E-state index < -0.39 is 17.9 Å². The molecule has 0 saturated carbocycles. The summed E-state index contributed by atoms with van der Waals surface area (Å²) >= 11 is 11.8. The Kier molecular flexibility index (Phi) is 5.32. The number of hydrogen-bond donors (Lipinski definition) is 0. The number of nitrogens with zero attached hydrogens (tertiary/aromatic N) is 2. The zero-order valence-electron chi connectivity index (χ0n) is 13.2. The highest BCUT2D eigenvalue weighted by Crippen LogP contribution is 2.32. The summed E-state index contributed by atoms with van der Waals surface area (Å²) in [5.41, 5.74) is 0.362. The van der Waals surface area contributed by atoms with Gasteiger partial charge in [0.15, 0.2) is 0 Å². The second-order valence-electron chi connectivity index (χ2n) is 5.58. The fourth-order valence-corrected chi connectivity index (χ4v) is 2.87. The van der Waals surface area contributed by atoms with E-state index in [2.05, 4.69) is 0 Å². The maximum atomic E-state index is 12.5. The number of amides is 3. The van der Waals surface area contributed by atoms with Gasteiger partial charge in [-0.1, -0.05) is 36.5 Å². The molecular formula is C16H18Cl2N2O3. The minimum Gasteiger partial charge on any atom is -0.344 e. The molecule has 1 aliphatic heterocycles. The molecule has 2 rings (SSSR count). The number of likely N-dealkylation sites (N-methyl/N-ethyl adjacent to an activating group) is 1. The standard InChI is InChI=1S/C16H18Cl2N2O3/c1-4-5-6-19(3)14(21)9(2)20-15(22)10-7-12(17)13(18)8-11(10)16(20)23/h7-9H,4-6H2,1-3H3. The van der Waals surface area contributed by atoms with Crippen molar-refractivity contribution in [2.45, 2.75) is 32.7 Å². The number of carbonyl (C=O) groups is 3. The Labute approximate surface area is 145 Å². The fraction of sp³-hybridized carbons (Fsp3) is 0.438. The van der Waals surface area contributed by atoms with E-state index in [4.69, 9.17) is 23.2 Å². The number of unbranched alkanes of at least 4 members (excludes halogenated alkanes) is 1. The Morgan fingerprint density at radius 2 is 1.65 bits per heavy atom. The molecule has 23 heavy (non-hydrogen) atoms. The molecule has 0 fully saturated rings. The number of carbonyl (C=O) groups excluding carboxylic acids is 3. The van der Waals surface area contributed by atoms with Crippen molar-refractivity contribution >= 4 is 40.9 Å². The SMILES string of the molecule is CCCCN(C)C(=O)C(C)N1C(=O)c2cc(Cl)c(Cl)cc2C1=O. The van der Waals surface area contributed by atoms with Gasteiger partial charge < -0.3 is 4.90 Å². The monoisotopic (exact) mass is 356 g/mol. The van der Waals surface area contributed by atoms with Gasteiger partial charge in [0.1, 0.15) is 6.04 Å². The topological polar surface area (TPSA) is 57.7 Å². The average molecular weight is 357 g/mol. The maximum absolute atomic E-state index is 12.5. The lowest BCUT2D eigenvalue weighted by molar-refractivity contribution is -0.133. The highest BCUT2D eigenvalue weighted by atomic mass is 35.5. The molecule has 0 spiro atoms. The zero-order valence-corrected chi connectivity index (χ0v) is 14.7. The quantitative estimate of drug-likeness (QED) is 0.761. The second-order valence-corrected chi connectivity index (χ2v) is 6.40. The molecule has 0 N–H and O–H groups in total. The maximum Gasteiger partial charge on any atom is 0.262 e. The third-order valence-corrected chi connectivity index (χ3v) is 4.65. The Morgan fingerprint density at radius 3 is 2.09 bits per heavy atom.